The fraction of sp³-hybridized carbons (Fsp3) is 0.375. The molecular formula is C16H21N3. The molecule has 1 N–H and O–H groups in total. The van der Waals surface area contributed by atoms with E-state index in [2.05, 4.69) is 70.6 Å². The second kappa shape index (κ2) is 5.49. The van der Waals surface area contributed by atoms with Gasteiger partial charge in [0.1, 0.15) is 0 Å². The molecule has 0 amide bonds. The molecule has 0 saturated carbocycles. The molecular weight excluding hydrogens is 234 g/mol. The number of hydrogen-bond acceptors (Lipinski definition) is 2. The summed E-state index contributed by atoms with van der Waals surface area (Å²) >= 11 is 0. The van der Waals surface area contributed by atoms with E-state index in [4.69, 9.17) is 0 Å². The lowest BCUT2D eigenvalue weighted by molar-refractivity contribution is 0.264. The summed E-state index contributed by atoms with van der Waals surface area (Å²) in [4.78, 5) is 2.40. The van der Waals surface area contributed by atoms with Crippen molar-refractivity contribution >= 4 is 5.69 Å². The Hall–Kier alpha value is -1.74. The molecule has 100 valence electrons. The first kappa shape index (κ1) is 12.3. The van der Waals surface area contributed by atoms with Crippen molar-refractivity contribution in [2.75, 3.05) is 25.5 Å². The van der Waals surface area contributed by atoms with Crippen LogP contribution in [0.1, 0.15) is 12.8 Å². The largest absolute Gasteiger partial charge is 0.382 e. The number of nitrogens with zero attached hydrogens (tertiary/aromatic N) is 2. The Morgan fingerprint density at radius 1 is 1.05 bits per heavy atom. The molecule has 0 bridgehead atoms. The van der Waals surface area contributed by atoms with Crippen LogP contribution in [0.2, 0.25) is 0 Å². The predicted octanol–water partition coefficient (Wildman–Crippen LogP) is 2.98. The van der Waals surface area contributed by atoms with Gasteiger partial charge >= 0.3 is 0 Å². The van der Waals surface area contributed by atoms with Gasteiger partial charge < -0.3 is 14.8 Å². The van der Waals surface area contributed by atoms with Gasteiger partial charge in [0, 0.05) is 29.8 Å². The zero-order chi connectivity index (χ0) is 13.1. The van der Waals surface area contributed by atoms with Crippen LogP contribution in [0.3, 0.4) is 0 Å². The predicted molar refractivity (Wildman–Crippen MR) is 79.9 cm³/mol. The number of benzene rings is 1. The standard InChI is InChI=1S/C16H21N3/c1-18-11-7-14(8-12-18)17-15-5-4-6-16(13-15)19-9-2-3-10-19/h2-6,9-10,13-14,17H,7-8,11-12H2,1H3. The Kier molecular flexibility index (Phi) is 3.56. The van der Waals surface area contributed by atoms with Crippen molar-refractivity contribution in [1.82, 2.24) is 9.47 Å². The van der Waals surface area contributed by atoms with E-state index in [1.807, 2.05) is 0 Å². The summed E-state index contributed by atoms with van der Waals surface area (Å²) in [5.41, 5.74) is 2.43. The Labute approximate surface area is 114 Å². The van der Waals surface area contributed by atoms with Crippen molar-refractivity contribution in [3.63, 3.8) is 0 Å². The van der Waals surface area contributed by atoms with Crippen LogP contribution in [0.5, 0.6) is 0 Å². The first-order valence-electron chi connectivity index (χ1n) is 7.00. The number of hydrogen-bond donors (Lipinski definition) is 1. The molecule has 0 spiro atoms. The fourth-order valence-electron chi connectivity index (χ4n) is 2.65. The Morgan fingerprint density at radius 2 is 1.79 bits per heavy atom. The fourth-order valence-corrected chi connectivity index (χ4v) is 2.65. The third kappa shape index (κ3) is 2.99. The van der Waals surface area contributed by atoms with Gasteiger partial charge in [0.05, 0.1) is 0 Å². The zero-order valence-corrected chi connectivity index (χ0v) is 11.4. The molecule has 0 unspecified atom stereocenters. The minimum Gasteiger partial charge on any atom is -0.382 e. The summed E-state index contributed by atoms with van der Waals surface area (Å²) in [5.74, 6) is 0. The Morgan fingerprint density at radius 3 is 2.53 bits per heavy atom. The van der Waals surface area contributed by atoms with Crippen molar-refractivity contribution in [2.24, 2.45) is 0 Å². The second-order valence-corrected chi connectivity index (χ2v) is 5.36. The van der Waals surface area contributed by atoms with Crippen LogP contribution in [0.15, 0.2) is 48.8 Å². The van der Waals surface area contributed by atoms with Gasteiger partial charge in [0.25, 0.3) is 0 Å². The van der Waals surface area contributed by atoms with E-state index in [9.17, 15) is 0 Å². The van der Waals surface area contributed by atoms with Gasteiger partial charge in [-0.05, 0) is 63.3 Å². The molecule has 1 fully saturated rings. The monoisotopic (exact) mass is 255 g/mol. The first-order valence-corrected chi connectivity index (χ1v) is 7.00. The highest BCUT2D eigenvalue weighted by atomic mass is 15.1. The van der Waals surface area contributed by atoms with Crippen molar-refractivity contribution in [3.05, 3.63) is 48.8 Å². The number of anilines is 1. The van der Waals surface area contributed by atoms with Gasteiger partial charge in [-0.2, -0.15) is 0 Å². The van der Waals surface area contributed by atoms with Gasteiger partial charge in [-0.1, -0.05) is 6.07 Å². The van der Waals surface area contributed by atoms with Crippen LogP contribution in [-0.4, -0.2) is 35.6 Å². The summed E-state index contributed by atoms with van der Waals surface area (Å²) in [6, 6.07) is 13.3. The number of rotatable bonds is 3. The maximum absolute atomic E-state index is 3.66. The third-order valence-electron chi connectivity index (χ3n) is 3.84. The van der Waals surface area contributed by atoms with Gasteiger partial charge in [0.2, 0.25) is 0 Å². The lowest BCUT2D eigenvalue weighted by atomic mass is 10.1. The topological polar surface area (TPSA) is 20.2 Å². The summed E-state index contributed by atoms with van der Waals surface area (Å²) < 4.78 is 2.14. The van der Waals surface area contributed by atoms with Gasteiger partial charge in [-0.15, -0.1) is 0 Å². The normalized spacial score (nSPS) is 17.5. The van der Waals surface area contributed by atoms with Crippen LogP contribution in [0, 0.1) is 0 Å². The van der Waals surface area contributed by atoms with E-state index in [1.165, 1.54) is 37.3 Å². The van der Waals surface area contributed by atoms with E-state index in [0.29, 0.717) is 6.04 Å². The van der Waals surface area contributed by atoms with Gasteiger partial charge in [0.15, 0.2) is 0 Å². The second-order valence-electron chi connectivity index (χ2n) is 5.36. The van der Waals surface area contributed by atoms with Crippen molar-refractivity contribution < 1.29 is 0 Å². The molecule has 1 aromatic heterocycles. The summed E-state index contributed by atoms with van der Waals surface area (Å²) in [6.07, 6.45) is 6.61. The van der Waals surface area contributed by atoms with E-state index in [0.717, 1.165) is 0 Å². The molecule has 1 aliphatic heterocycles. The van der Waals surface area contributed by atoms with E-state index in [1.54, 1.807) is 0 Å². The molecule has 19 heavy (non-hydrogen) atoms. The molecule has 1 saturated heterocycles. The molecule has 2 heterocycles. The molecule has 3 nitrogen and oxygen atoms in total. The van der Waals surface area contributed by atoms with Gasteiger partial charge in [-0.25, -0.2) is 0 Å². The Balaban J connectivity index is 1.70. The van der Waals surface area contributed by atoms with Crippen molar-refractivity contribution in [3.8, 4) is 5.69 Å². The lowest BCUT2D eigenvalue weighted by Gasteiger charge is -2.30. The maximum atomic E-state index is 3.66. The van der Waals surface area contributed by atoms with Crippen molar-refractivity contribution in [2.45, 2.75) is 18.9 Å². The minimum atomic E-state index is 0.608. The van der Waals surface area contributed by atoms with Crippen LogP contribution in [0.25, 0.3) is 5.69 Å². The molecule has 1 aliphatic rings. The van der Waals surface area contributed by atoms with Crippen LogP contribution in [-0.2, 0) is 0 Å². The number of piperidine rings is 1. The van der Waals surface area contributed by atoms with E-state index >= 15 is 0 Å². The Bertz CT molecular complexity index is 511. The van der Waals surface area contributed by atoms with Crippen LogP contribution < -0.4 is 5.32 Å². The molecule has 3 heteroatoms. The molecule has 0 aliphatic carbocycles. The highest BCUT2D eigenvalue weighted by molar-refractivity contribution is 5.51. The quantitative estimate of drug-likeness (QED) is 0.910. The smallest absolute Gasteiger partial charge is 0.0469 e. The highest BCUT2D eigenvalue weighted by Gasteiger charge is 2.16. The highest BCUT2D eigenvalue weighted by Crippen LogP contribution is 2.19. The average molecular weight is 255 g/mol. The number of likely N-dealkylation sites (tertiary alicyclic amines) is 1. The molecule has 0 atom stereocenters. The van der Waals surface area contributed by atoms with E-state index in [-0.39, 0.29) is 0 Å². The third-order valence-corrected chi connectivity index (χ3v) is 3.84. The first-order chi connectivity index (χ1) is 9.31. The summed E-state index contributed by atoms with van der Waals surface area (Å²) in [5, 5.41) is 3.66. The van der Waals surface area contributed by atoms with Crippen LogP contribution in [0.4, 0.5) is 5.69 Å². The van der Waals surface area contributed by atoms with Gasteiger partial charge in [-0.3, -0.25) is 0 Å². The zero-order valence-electron chi connectivity index (χ0n) is 11.4. The summed E-state index contributed by atoms with van der Waals surface area (Å²) in [6.45, 7) is 2.38. The maximum Gasteiger partial charge on any atom is 0.0469 e. The lowest BCUT2D eigenvalue weighted by Crippen LogP contribution is -2.36. The van der Waals surface area contributed by atoms with E-state index < -0.39 is 0 Å². The van der Waals surface area contributed by atoms with Crippen LogP contribution >= 0.6 is 0 Å². The molecule has 3 rings (SSSR count). The SMILES string of the molecule is CN1CCC(Nc2cccc(-n3cccc3)c2)CC1. The number of aromatic nitrogens is 1. The molecule has 2 aromatic rings. The minimum absolute atomic E-state index is 0.608. The number of nitrogens with one attached hydrogen (secondary N) is 1. The summed E-state index contributed by atoms with van der Waals surface area (Å²) in [7, 11) is 2.20. The molecule has 1 aromatic carbocycles. The average Bonchev–Trinajstić information content (AvgIpc) is 2.96. The van der Waals surface area contributed by atoms with Crippen molar-refractivity contribution in [1.29, 1.82) is 0 Å². The molecule has 0 radical (unpaired) electrons.